The Bertz CT molecular complexity index is 1170. The maximum absolute atomic E-state index is 12.3. The summed E-state index contributed by atoms with van der Waals surface area (Å²) in [6.07, 6.45) is 6.43. The van der Waals surface area contributed by atoms with E-state index >= 15 is 0 Å². The number of carbonyl (C=O) groups excluding carboxylic acids is 2. The second kappa shape index (κ2) is 9.23. The zero-order valence-electron chi connectivity index (χ0n) is 16.2. The number of nitrogens with zero attached hydrogens (tertiary/aromatic N) is 5. The predicted octanol–water partition coefficient (Wildman–Crippen LogP) is 2.96. The minimum atomic E-state index is -0.594. The van der Waals surface area contributed by atoms with Gasteiger partial charge >= 0.3 is 5.97 Å². The maximum Gasteiger partial charge on any atom is 0.338 e. The van der Waals surface area contributed by atoms with Gasteiger partial charge in [-0.1, -0.05) is 23.7 Å². The Hall–Kier alpha value is -3.98. The van der Waals surface area contributed by atoms with Crippen LogP contribution in [0.3, 0.4) is 0 Å². The van der Waals surface area contributed by atoms with Gasteiger partial charge in [0.2, 0.25) is 0 Å². The third-order valence-electron chi connectivity index (χ3n) is 4.33. The lowest BCUT2D eigenvalue weighted by Gasteiger charge is -2.11. The first-order chi connectivity index (χ1) is 15.1. The summed E-state index contributed by atoms with van der Waals surface area (Å²) in [5.41, 5.74) is 2.33. The third-order valence-corrected chi connectivity index (χ3v) is 4.56. The van der Waals surface area contributed by atoms with Gasteiger partial charge in [0.25, 0.3) is 5.91 Å². The van der Waals surface area contributed by atoms with Gasteiger partial charge in [0, 0.05) is 17.4 Å². The molecule has 31 heavy (non-hydrogen) atoms. The molecule has 2 aromatic heterocycles. The number of aromatic nitrogens is 5. The molecule has 9 nitrogen and oxygen atoms in total. The summed E-state index contributed by atoms with van der Waals surface area (Å²) in [5.74, 6) is -1.10. The quantitative estimate of drug-likeness (QED) is 0.447. The molecule has 0 spiro atoms. The lowest BCUT2D eigenvalue weighted by molar-refractivity contribution is -0.119. The summed E-state index contributed by atoms with van der Waals surface area (Å²) in [6, 6.07) is 13.7. The first kappa shape index (κ1) is 20.3. The van der Waals surface area contributed by atoms with Crippen molar-refractivity contribution < 1.29 is 14.3 Å². The molecule has 0 fully saturated rings. The Labute approximate surface area is 182 Å². The molecule has 4 rings (SSSR count). The van der Waals surface area contributed by atoms with E-state index in [1.165, 1.54) is 17.3 Å². The first-order valence-corrected chi connectivity index (χ1v) is 9.64. The Morgan fingerprint density at radius 3 is 2.65 bits per heavy atom. The van der Waals surface area contributed by atoms with Crippen LogP contribution in [0.1, 0.15) is 15.9 Å². The molecule has 0 bridgehead atoms. The Kier molecular flexibility index (Phi) is 6.04. The average Bonchev–Trinajstić information content (AvgIpc) is 3.47. The maximum atomic E-state index is 12.3. The molecule has 1 N–H and O–H groups in total. The minimum Gasteiger partial charge on any atom is -0.452 e. The highest BCUT2D eigenvalue weighted by molar-refractivity contribution is 6.31. The van der Waals surface area contributed by atoms with Crippen molar-refractivity contribution in [2.45, 2.75) is 6.54 Å². The molecule has 10 heteroatoms. The van der Waals surface area contributed by atoms with E-state index in [1.807, 2.05) is 24.4 Å². The molecule has 0 aliphatic heterocycles. The normalized spacial score (nSPS) is 10.6. The number of amides is 1. The van der Waals surface area contributed by atoms with Crippen LogP contribution in [-0.2, 0) is 16.1 Å². The molecule has 1 amide bonds. The van der Waals surface area contributed by atoms with Crippen LogP contribution >= 0.6 is 11.6 Å². The lowest BCUT2D eigenvalue weighted by Crippen LogP contribution is -2.21. The predicted molar refractivity (Wildman–Crippen MR) is 113 cm³/mol. The van der Waals surface area contributed by atoms with Crippen LogP contribution in [0.4, 0.5) is 5.69 Å². The highest BCUT2D eigenvalue weighted by Crippen LogP contribution is 2.23. The second-order valence-corrected chi connectivity index (χ2v) is 6.96. The summed E-state index contributed by atoms with van der Waals surface area (Å²) < 4.78 is 8.40. The van der Waals surface area contributed by atoms with Gasteiger partial charge < -0.3 is 10.1 Å². The topological polar surface area (TPSA) is 104 Å². The minimum absolute atomic E-state index is 0.350. The summed E-state index contributed by atoms with van der Waals surface area (Å²) in [4.78, 5) is 28.5. The fourth-order valence-electron chi connectivity index (χ4n) is 2.87. The number of hydrogen-bond donors (Lipinski definition) is 1. The van der Waals surface area contributed by atoms with Crippen LogP contribution in [0.5, 0.6) is 0 Å². The second-order valence-electron chi connectivity index (χ2n) is 6.53. The van der Waals surface area contributed by atoms with Gasteiger partial charge in [-0.15, -0.1) is 0 Å². The molecular weight excluding hydrogens is 420 g/mol. The fraction of sp³-hybridized carbons (Fsp3) is 0.0952. The highest BCUT2D eigenvalue weighted by atomic mass is 35.5. The number of benzene rings is 2. The van der Waals surface area contributed by atoms with Gasteiger partial charge in [0.1, 0.15) is 12.7 Å². The van der Waals surface area contributed by atoms with Crippen molar-refractivity contribution in [2.24, 2.45) is 0 Å². The molecular formula is C21H17ClN6O3. The lowest BCUT2D eigenvalue weighted by atomic mass is 10.1. The average molecular weight is 437 g/mol. The van der Waals surface area contributed by atoms with Gasteiger partial charge in [0.15, 0.2) is 6.61 Å². The van der Waals surface area contributed by atoms with Crippen LogP contribution < -0.4 is 5.32 Å². The van der Waals surface area contributed by atoms with Gasteiger partial charge in [0.05, 0.1) is 23.5 Å². The van der Waals surface area contributed by atoms with E-state index < -0.39 is 18.5 Å². The Balaban J connectivity index is 1.35. The molecule has 0 atom stereocenters. The standard InChI is InChI=1S/C21H17ClN6O3/c22-17-6-7-19(28-14-23-13-25-28)18(10-17)26-20(29)12-31-21(30)16-4-2-15(3-5-16)11-27-9-1-8-24-27/h1-10,13-14H,11-12H2,(H,26,29). The molecule has 0 aliphatic rings. The zero-order chi connectivity index (χ0) is 21.6. The first-order valence-electron chi connectivity index (χ1n) is 9.26. The van der Waals surface area contributed by atoms with E-state index in [0.717, 1.165) is 5.56 Å². The molecule has 4 aromatic rings. The number of nitrogens with one attached hydrogen (secondary N) is 1. The number of carbonyl (C=O) groups is 2. The number of halogens is 1. The smallest absolute Gasteiger partial charge is 0.338 e. The van der Waals surface area contributed by atoms with Gasteiger partial charge in [-0.05, 0) is 42.0 Å². The number of esters is 1. The van der Waals surface area contributed by atoms with Crippen LogP contribution in [0.25, 0.3) is 5.69 Å². The molecule has 0 saturated heterocycles. The molecule has 2 heterocycles. The summed E-state index contributed by atoms with van der Waals surface area (Å²) in [6.45, 7) is 0.148. The van der Waals surface area contributed by atoms with E-state index in [-0.39, 0.29) is 0 Å². The molecule has 156 valence electrons. The number of ether oxygens (including phenoxy) is 1. The van der Waals surface area contributed by atoms with E-state index in [9.17, 15) is 9.59 Å². The van der Waals surface area contributed by atoms with Crippen LogP contribution in [0.2, 0.25) is 5.02 Å². The van der Waals surface area contributed by atoms with Crippen molar-refractivity contribution in [3.8, 4) is 5.69 Å². The number of rotatable bonds is 7. The number of hydrogen-bond acceptors (Lipinski definition) is 6. The molecule has 2 aromatic carbocycles. The molecule has 0 radical (unpaired) electrons. The van der Waals surface area contributed by atoms with Gasteiger partial charge in [-0.2, -0.15) is 10.2 Å². The SMILES string of the molecule is O=C(COC(=O)c1ccc(Cn2cccn2)cc1)Nc1cc(Cl)ccc1-n1cncn1. The van der Waals surface area contributed by atoms with Gasteiger partial charge in [-0.3, -0.25) is 9.48 Å². The van der Waals surface area contributed by atoms with E-state index in [4.69, 9.17) is 16.3 Å². The van der Waals surface area contributed by atoms with Crippen molar-refractivity contribution in [3.05, 3.63) is 89.7 Å². The van der Waals surface area contributed by atoms with E-state index in [2.05, 4.69) is 20.5 Å². The zero-order valence-corrected chi connectivity index (χ0v) is 16.9. The van der Waals surface area contributed by atoms with E-state index in [1.54, 1.807) is 41.2 Å². The molecule has 0 saturated carbocycles. The summed E-state index contributed by atoms with van der Waals surface area (Å²) in [5, 5.41) is 11.3. The third kappa shape index (κ3) is 5.14. The Morgan fingerprint density at radius 2 is 1.94 bits per heavy atom. The highest BCUT2D eigenvalue weighted by Gasteiger charge is 2.13. The largest absolute Gasteiger partial charge is 0.452 e. The summed E-state index contributed by atoms with van der Waals surface area (Å²) >= 11 is 6.04. The van der Waals surface area contributed by atoms with Crippen LogP contribution in [-0.4, -0.2) is 43.0 Å². The van der Waals surface area contributed by atoms with Crippen LogP contribution in [0, 0.1) is 0 Å². The van der Waals surface area contributed by atoms with Crippen molar-refractivity contribution in [1.29, 1.82) is 0 Å². The van der Waals surface area contributed by atoms with Gasteiger partial charge in [-0.25, -0.2) is 14.5 Å². The van der Waals surface area contributed by atoms with E-state index in [0.29, 0.717) is 28.5 Å². The van der Waals surface area contributed by atoms with Crippen molar-refractivity contribution >= 4 is 29.2 Å². The van der Waals surface area contributed by atoms with Crippen molar-refractivity contribution in [1.82, 2.24) is 24.5 Å². The Morgan fingerprint density at radius 1 is 1.10 bits per heavy atom. The van der Waals surface area contributed by atoms with Crippen LogP contribution in [0.15, 0.2) is 73.6 Å². The number of anilines is 1. The summed E-state index contributed by atoms with van der Waals surface area (Å²) in [7, 11) is 0. The molecule has 0 unspecified atom stereocenters. The van der Waals surface area contributed by atoms with Crippen molar-refractivity contribution in [2.75, 3.05) is 11.9 Å². The fourth-order valence-corrected chi connectivity index (χ4v) is 3.04. The molecule has 0 aliphatic carbocycles. The van der Waals surface area contributed by atoms with Crippen molar-refractivity contribution in [3.63, 3.8) is 0 Å². The monoisotopic (exact) mass is 436 g/mol.